The second-order valence-electron chi connectivity index (χ2n) is 7.70. The number of nitrogens with two attached hydrogens (primary N) is 1. The fourth-order valence-electron chi connectivity index (χ4n) is 4.09. The fraction of sp³-hybridized carbons (Fsp3) is 0.174. The number of nitrogens with zero attached hydrogens (tertiary/aromatic N) is 6. The maximum atomic E-state index is 14.2. The Labute approximate surface area is 187 Å². The van der Waals surface area contributed by atoms with E-state index < -0.39 is 11.9 Å². The largest absolute Gasteiger partial charge is 0.482 e. The molecule has 33 heavy (non-hydrogen) atoms. The standard InChI is InChI=1S/C23H18FN7O2/c1-12-16-8-14(24)3-4-15(16)23-27-6-5-20(32)31(23)11-17-21(18(9-25)30(2)29-17)13-7-19(33-12)22(26)28-10-13/h3-8,10,12H,11H2,1-2H3,(H2,26,28)/t12-/m1/s1. The van der Waals surface area contributed by atoms with Gasteiger partial charge in [0.2, 0.25) is 0 Å². The number of hydrogen-bond donors (Lipinski definition) is 1. The van der Waals surface area contributed by atoms with Crippen LogP contribution in [0.3, 0.4) is 0 Å². The number of anilines is 1. The first-order valence-corrected chi connectivity index (χ1v) is 10.1. The van der Waals surface area contributed by atoms with E-state index in [1.807, 2.05) is 0 Å². The molecule has 1 aliphatic rings. The second kappa shape index (κ2) is 7.56. The molecule has 164 valence electrons. The van der Waals surface area contributed by atoms with E-state index in [0.29, 0.717) is 39.5 Å². The number of nitrogen functional groups attached to an aromatic ring is 1. The first kappa shape index (κ1) is 20.4. The van der Waals surface area contributed by atoms with E-state index in [2.05, 4.69) is 21.1 Å². The van der Waals surface area contributed by atoms with E-state index in [1.165, 1.54) is 39.8 Å². The molecule has 0 aliphatic carbocycles. The lowest BCUT2D eigenvalue weighted by Gasteiger charge is -2.22. The van der Waals surface area contributed by atoms with Crippen molar-refractivity contribution in [3.63, 3.8) is 0 Å². The molecule has 0 radical (unpaired) electrons. The van der Waals surface area contributed by atoms with Gasteiger partial charge in [-0.25, -0.2) is 14.4 Å². The third kappa shape index (κ3) is 3.30. The van der Waals surface area contributed by atoms with Crippen LogP contribution in [0.1, 0.15) is 30.0 Å². The van der Waals surface area contributed by atoms with Crippen LogP contribution >= 0.6 is 0 Å². The summed E-state index contributed by atoms with van der Waals surface area (Å²) in [6.45, 7) is 1.79. The van der Waals surface area contributed by atoms with E-state index in [-0.39, 0.29) is 23.7 Å². The summed E-state index contributed by atoms with van der Waals surface area (Å²) in [6, 6.07) is 9.40. The van der Waals surface area contributed by atoms with Gasteiger partial charge in [-0.15, -0.1) is 0 Å². The molecule has 2 bridgehead atoms. The predicted molar refractivity (Wildman–Crippen MR) is 118 cm³/mol. The van der Waals surface area contributed by atoms with Crippen molar-refractivity contribution in [2.45, 2.75) is 19.6 Å². The number of aromatic nitrogens is 5. The molecular weight excluding hydrogens is 425 g/mol. The first-order chi connectivity index (χ1) is 15.9. The molecular formula is C23H18FN7O2. The lowest BCUT2D eigenvalue weighted by atomic mass is 10.0. The van der Waals surface area contributed by atoms with Crippen LogP contribution < -0.4 is 16.0 Å². The number of aryl methyl sites for hydroxylation is 1. The summed E-state index contributed by atoms with van der Waals surface area (Å²) < 4.78 is 23.2. The molecule has 3 aromatic heterocycles. The minimum atomic E-state index is -0.649. The van der Waals surface area contributed by atoms with Crippen LogP contribution in [0.4, 0.5) is 10.2 Å². The van der Waals surface area contributed by atoms with Gasteiger partial charge in [0.1, 0.15) is 29.5 Å². The van der Waals surface area contributed by atoms with Crippen molar-refractivity contribution in [2.75, 3.05) is 5.73 Å². The highest BCUT2D eigenvalue weighted by molar-refractivity contribution is 5.74. The summed E-state index contributed by atoms with van der Waals surface area (Å²) >= 11 is 0. The molecule has 0 spiro atoms. The van der Waals surface area contributed by atoms with Crippen LogP contribution in [-0.2, 0) is 13.6 Å². The molecule has 1 aliphatic heterocycles. The lowest BCUT2D eigenvalue weighted by Crippen LogP contribution is -2.24. The fourth-order valence-corrected chi connectivity index (χ4v) is 4.09. The Bertz CT molecular complexity index is 1520. The molecule has 5 rings (SSSR count). The average Bonchev–Trinajstić information content (AvgIpc) is 3.10. The molecule has 1 atom stereocenters. The van der Waals surface area contributed by atoms with E-state index >= 15 is 0 Å². The zero-order chi connectivity index (χ0) is 23.3. The van der Waals surface area contributed by atoms with E-state index in [9.17, 15) is 14.4 Å². The molecule has 0 amide bonds. The van der Waals surface area contributed by atoms with Gasteiger partial charge in [0, 0.05) is 47.8 Å². The molecule has 2 N–H and O–H groups in total. The summed E-state index contributed by atoms with van der Waals surface area (Å²) in [5, 5.41) is 14.3. The Hall–Kier alpha value is -4.52. The van der Waals surface area contributed by atoms with E-state index in [1.54, 1.807) is 26.1 Å². The molecule has 4 aromatic rings. The molecule has 1 aromatic carbocycles. The number of halogens is 1. The Balaban J connectivity index is 1.88. The number of pyridine rings is 1. The number of nitriles is 1. The Kier molecular flexibility index (Phi) is 4.67. The first-order valence-electron chi connectivity index (χ1n) is 10.1. The predicted octanol–water partition coefficient (Wildman–Crippen LogP) is 2.80. The zero-order valence-corrected chi connectivity index (χ0v) is 17.8. The smallest absolute Gasteiger partial charge is 0.254 e. The number of rotatable bonds is 0. The van der Waals surface area contributed by atoms with Gasteiger partial charge in [-0.3, -0.25) is 14.0 Å². The number of ether oxygens (including phenoxy) is 1. The molecule has 0 saturated heterocycles. The zero-order valence-electron chi connectivity index (χ0n) is 17.8. The number of fused-ring (bicyclic) bond motifs is 7. The number of hydrogen-bond acceptors (Lipinski definition) is 7. The van der Waals surface area contributed by atoms with Crippen LogP contribution in [0.5, 0.6) is 5.75 Å². The van der Waals surface area contributed by atoms with Gasteiger partial charge in [0.15, 0.2) is 11.6 Å². The highest BCUT2D eigenvalue weighted by Gasteiger charge is 2.25. The van der Waals surface area contributed by atoms with Gasteiger partial charge in [-0.05, 0) is 31.2 Å². The lowest BCUT2D eigenvalue weighted by molar-refractivity contribution is 0.227. The minimum Gasteiger partial charge on any atom is -0.482 e. The third-order valence-corrected chi connectivity index (χ3v) is 5.64. The SMILES string of the molecule is C[C@H]1Oc2cc(cnc2N)-c2c(nn(C)c2C#N)Cn2c(nccc2=O)-c2ccc(F)cc21. The molecule has 0 fully saturated rings. The summed E-state index contributed by atoms with van der Waals surface area (Å²) in [7, 11) is 1.65. The van der Waals surface area contributed by atoms with Gasteiger partial charge < -0.3 is 10.5 Å². The average molecular weight is 443 g/mol. The molecule has 0 saturated carbocycles. The highest BCUT2D eigenvalue weighted by atomic mass is 19.1. The van der Waals surface area contributed by atoms with Crippen LogP contribution in [-0.4, -0.2) is 24.3 Å². The third-order valence-electron chi connectivity index (χ3n) is 5.64. The molecule has 0 unspecified atom stereocenters. The Morgan fingerprint density at radius 1 is 1.27 bits per heavy atom. The minimum absolute atomic E-state index is 0.0403. The second-order valence-corrected chi connectivity index (χ2v) is 7.70. The van der Waals surface area contributed by atoms with Crippen LogP contribution in [0.15, 0.2) is 47.5 Å². The summed E-state index contributed by atoms with van der Waals surface area (Å²) in [5.74, 6) is 0.317. The Morgan fingerprint density at radius 2 is 2.09 bits per heavy atom. The van der Waals surface area contributed by atoms with Crippen molar-refractivity contribution in [1.82, 2.24) is 24.3 Å². The summed E-state index contributed by atoms with van der Waals surface area (Å²) in [5.41, 5.74) is 8.63. The molecule has 9 nitrogen and oxygen atoms in total. The van der Waals surface area contributed by atoms with Crippen molar-refractivity contribution < 1.29 is 9.13 Å². The van der Waals surface area contributed by atoms with Gasteiger partial charge >= 0.3 is 0 Å². The van der Waals surface area contributed by atoms with E-state index in [4.69, 9.17) is 10.5 Å². The quantitative estimate of drug-likeness (QED) is 0.443. The topological polar surface area (TPSA) is 125 Å². The van der Waals surface area contributed by atoms with Crippen molar-refractivity contribution in [3.05, 3.63) is 75.8 Å². The van der Waals surface area contributed by atoms with E-state index in [0.717, 1.165) is 0 Å². The number of benzene rings is 1. The van der Waals surface area contributed by atoms with Gasteiger partial charge in [0.25, 0.3) is 5.56 Å². The normalized spacial score (nSPS) is 14.5. The maximum Gasteiger partial charge on any atom is 0.254 e. The summed E-state index contributed by atoms with van der Waals surface area (Å²) in [6.07, 6.45) is 2.28. The van der Waals surface area contributed by atoms with Crippen molar-refractivity contribution in [1.29, 1.82) is 5.26 Å². The monoisotopic (exact) mass is 443 g/mol. The van der Waals surface area contributed by atoms with Crippen molar-refractivity contribution >= 4 is 5.82 Å². The molecule has 10 heteroatoms. The highest BCUT2D eigenvalue weighted by Crippen LogP contribution is 2.37. The van der Waals surface area contributed by atoms with Gasteiger partial charge in [-0.1, -0.05) is 0 Å². The Morgan fingerprint density at radius 3 is 2.88 bits per heavy atom. The van der Waals surface area contributed by atoms with Crippen LogP contribution in [0.25, 0.3) is 22.5 Å². The van der Waals surface area contributed by atoms with Gasteiger partial charge in [-0.2, -0.15) is 10.4 Å². The van der Waals surface area contributed by atoms with Crippen LogP contribution in [0.2, 0.25) is 0 Å². The maximum absolute atomic E-state index is 14.2. The van der Waals surface area contributed by atoms with Crippen molar-refractivity contribution in [2.24, 2.45) is 7.05 Å². The van der Waals surface area contributed by atoms with Gasteiger partial charge in [0.05, 0.1) is 12.2 Å². The molecule has 4 heterocycles. The van der Waals surface area contributed by atoms with Crippen molar-refractivity contribution in [3.8, 4) is 34.3 Å². The summed E-state index contributed by atoms with van der Waals surface area (Å²) in [4.78, 5) is 21.6. The van der Waals surface area contributed by atoms with Crippen LogP contribution in [0, 0.1) is 17.1 Å².